The molecule has 0 saturated carbocycles. The summed E-state index contributed by atoms with van der Waals surface area (Å²) in [5, 5.41) is 0.588. The number of carbonyl (C=O) groups excluding carboxylic acids is 1. The third-order valence-corrected chi connectivity index (χ3v) is 6.57. The molecule has 2 aromatic rings. The Labute approximate surface area is 167 Å². The van der Waals surface area contributed by atoms with Gasteiger partial charge in [-0.15, -0.1) is 0 Å². The second kappa shape index (κ2) is 8.16. The predicted octanol–water partition coefficient (Wildman–Crippen LogP) is 3.54. The number of morpholine rings is 1. The molecule has 0 N–H and O–H groups in total. The van der Waals surface area contributed by atoms with Crippen molar-refractivity contribution in [3.63, 3.8) is 0 Å². The average molecular weight is 430 g/mol. The zero-order valence-electron chi connectivity index (χ0n) is 14.4. The highest BCUT2D eigenvalue weighted by atomic mass is 35.5. The third kappa shape index (κ3) is 4.44. The molecule has 1 saturated heterocycles. The molecule has 0 amide bonds. The largest absolute Gasteiger partial charge is 0.421 e. The number of hydrogen-bond donors (Lipinski definition) is 0. The predicted molar refractivity (Wildman–Crippen MR) is 102 cm³/mol. The van der Waals surface area contributed by atoms with E-state index in [0.717, 1.165) is 0 Å². The summed E-state index contributed by atoms with van der Waals surface area (Å²) in [7, 11) is -3.72. The molecule has 9 heteroatoms. The molecule has 27 heavy (non-hydrogen) atoms. The first kappa shape index (κ1) is 20.1. The first-order valence-corrected chi connectivity index (χ1v) is 10.3. The normalized spacial score (nSPS) is 15.5. The second-order valence-corrected chi connectivity index (χ2v) is 8.74. The van der Waals surface area contributed by atoms with E-state index in [4.69, 9.17) is 32.7 Å². The molecule has 2 aromatic carbocycles. The minimum Gasteiger partial charge on any atom is -0.421 e. The lowest BCUT2D eigenvalue weighted by atomic mass is 10.1. The van der Waals surface area contributed by atoms with Gasteiger partial charge in [0.05, 0.1) is 28.7 Å². The van der Waals surface area contributed by atoms with E-state index in [9.17, 15) is 13.2 Å². The van der Waals surface area contributed by atoms with Gasteiger partial charge in [-0.3, -0.25) is 0 Å². The molecule has 0 aliphatic carbocycles. The van der Waals surface area contributed by atoms with Crippen molar-refractivity contribution >= 4 is 39.2 Å². The zero-order chi connectivity index (χ0) is 19.6. The molecule has 0 radical (unpaired) electrons. The Hall–Kier alpha value is -1.64. The molecule has 0 spiro atoms. The molecular weight excluding hydrogens is 413 g/mol. The van der Waals surface area contributed by atoms with Gasteiger partial charge in [0.1, 0.15) is 0 Å². The van der Waals surface area contributed by atoms with E-state index in [1.165, 1.54) is 28.6 Å². The van der Waals surface area contributed by atoms with Crippen LogP contribution in [0.15, 0.2) is 41.3 Å². The Balaban J connectivity index is 1.91. The molecule has 6 nitrogen and oxygen atoms in total. The van der Waals surface area contributed by atoms with Crippen LogP contribution in [-0.4, -0.2) is 45.0 Å². The smallest absolute Gasteiger partial charge is 0.343 e. The summed E-state index contributed by atoms with van der Waals surface area (Å²) in [6.45, 7) is 2.92. The van der Waals surface area contributed by atoms with Crippen molar-refractivity contribution in [2.24, 2.45) is 0 Å². The number of aryl methyl sites for hydroxylation is 1. The molecule has 1 fully saturated rings. The van der Waals surface area contributed by atoms with Crippen LogP contribution < -0.4 is 4.74 Å². The Bertz CT molecular complexity index is 972. The number of esters is 1. The van der Waals surface area contributed by atoms with Crippen LogP contribution in [0.25, 0.3) is 0 Å². The molecule has 1 heterocycles. The maximum absolute atomic E-state index is 12.8. The van der Waals surface area contributed by atoms with Gasteiger partial charge in [-0.2, -0.15) is 4.31 Å². The Morgan fingerprint density at radius 2 is 1.81 bits per heavy atom. The molecule has 0 aromatic heterocycles. The summed E-state index contributed by atoms with van der Waals surface area (Å²) in [6, 6.07) is 8.87. The number of hydrogen-bond acceptors (Lipinski definition) is 5. The van der Waals surface area contributed by atoms with Gasteiger partial charge >= 0.3 is 5.97 Å². The zero-order valence-corrected chi connectivity index (χ0v) is 16.8. The molecule has 1 aliphatic rings. The number of rotatable bonds is 4. The van der Waals surface area contributed by atoms with E-state index in [2.05, 4.69) is 0 Å². The van der Waals surface area contributed by atoms with E-state index in [1.54, 1.807) is 19.1 Å². The van der Waals surface area contributed by atoms with Gasteiger partial charge in [0.2, 0.25) is 10.0 Å². The molecule has 0 bridgehead atoms. The van der Waals surface area contributed by atoms with Crippen LogP contribution in [0, 0.1) is 6.92 Å². The van der Waals surface area contributed by atoms with Crippen LogP contribution in [-0.2, 0) is 14.8 Å². The summed E-state index contributed by atoms with van der Waals surface area (Å²) < 4.78 is 37.5. The lowest BCUT2D eigenvalue weighted by Gasteiger charge is -2.26. The number of carbonyl (C=O) groups is 1. The van der Waals surface area contributed by atoms with Crippen molar-refractivity contribution in [1.29, 1.82) is 0 Å². The number of halogens is 2. The standard InChI is InChI=1S/C18H17Cl2NO5S/c1-12-2-4-14(27(23,24)21-6-8-25-9-7-21)11-15(12)18(22)26-17-10-13(19)3-5-16(17)20/h2-5,10-11H,6-9H2,1H3. The van der Waals surface area contributed by atoms with Crippen LogP contribution in [0.4, 0.5) is 0 Å². The van der Waals surface area contributed by atoms with Gasteiger partial charge in [0.25, 0.3) is 0 Å². The highest BCUT2D eigenvalue weighted by molar-refractivity contribution is 7.89. The highest BCUT2D eigenvalue weighted by Crippen LogP contribution is 2.29. The number of nitrogens with zero attached hydrogens (tertiary/aromatic N) is 1. The Kier molecular flexibility index (Phi) is 6.08. The van der Waals surface area contributed by atoms with Gasteiger partial charge in [0.15, 0.2) is 5.75 Å². The summed E-state index contributed by atoms with van der Waals surface area (Å²) >= 11 is 11.9. The summed E-state index contributed by atoms with van der Waals surface area (Å²) in [4.78, 5) is 12.6. The third-order valence-electron chi connectivity index (χ3n) is 4.13. The van der Waals surface area contributed by atoms with Crippen LogP contribution in [0.1, 0.15) is 15.9 Å². The molecule has 0 unspecified atom stereocenters. The molecular formula is C18H17Cl2NO5S. The first-order valence-electron chi connectivity index (χ1n) is 8.15. The fourth-order valence-corrected chi connectivity index (χ4v) is 4.38. The van der Waals surface area contributed by atoms with Gasteiger partial charge in [-0.05, 0) is 36.8 Å². The molecule has 3 rings (SSSR count). The molecule has 1 aliphatic heterocycles. The van der Waals surface area contributed by atoms with E-state index in [1.807, 2.05) is 0 Å². The average Bonchev–Trinajstić information content (AvgIpc) is 2.65. The topological polar surface area (TPSA) is 72.9 Å². The summed E-state index contributed by atoms with van der Waals surface area (Å²) in [6.07, 6.45) is 0. The minimum atomic E-state index is -3.72. The maximum Gasteiger partial charge on any atom is 0.343 e. The number of benzene rings is 2. The van der Waals surface area contributed by atoms with Crippen LogP contribution in [0.5, 0.6) is 5.75 Å². The Morgan fingerprint density at radius 1 is 1.11 bits per heavy atom. The fraction of sp³-hybridized carbons (Fsp3) is 0.278. The van der Waals surface area contributed by atoms with Crippen LogP contribution in [0.2, 0.25) is 10.0 Å². The second-order valence-electron chi connectivity index (χ2n) is 5.96. The monoisotopic (exact) mass is 429 g/mol. The van der Waals surface area contributed by atoms with E-state index >= 15 is 0 Å². The van der Waals surface area contributed by atoms with Crippen LogP contribution >= 0.6 is 23.2 Å². The first-order chi connectivity index (χ1) is 12.8. The van der Waals surface area contributed by atoms with Crippen molar-refractivity contribution in [1.82, 2.24) is 4.31 Å². The highest BCUT2D eigenvalue weighted by Gasteiger charge is 2.27. The van der Waals surface area contributed by atoms with Crippen LogP contribution in [0.3, 0.4) is 0 Å². The van der Waals surface area contributed by atoms with Crippen molar-refractivity contribution < 1.29 is 22.7 Å². The number of sulfonamides is 1. The Morgan fingerprint density at radius 3 is 2.52 bits per heavy atom. The minimum absolute atomic E-state index is 0.0270. The van der Waals surface area contributed by atoms with E-state index < -0.39 is 16.0 Å². The van der Waals surface area contributed by atoms with E-state index in [-0.39, 0.29) is 34.3 Å². The van der Waals surface area contributed by atoms with Gasteiger partial charge < -0.3 is 9.47 Å². The lowest BCUT2D eigenvalue weighted by molar-refractivity contribution is 0.0727. The quantitative estimate of drug-likeness (QED) is 0.548. The van der Waals surface area contributed by atoms with Crippen molar-refractivity contribution in [3.05, 3.63) is 57.6 Å². The van der Waals surface area contributed by atoms with Crippen molar-refractivity contribution in [3.8, 4) is 5.75 Å². The molecule has 0 atom stereocenters. The maximum atomic E-state index is 12.8. The van der Waals surface area contributed by atoms with Gasteiger partial charge in [-0.25, -0.2) is 13.2 Å². The van der Waals surface area contributed by atoms with Gasteiger partial charge in [-0.1, -0.05) is 29.3 Å². The van der Waals surface area contributed by atoms with E-state index in [0.29, 0.717) is 23.8 Å². The fourth-order valence-electron chi connectivity index (χ4n) is 2.63. The molecule has 144 valence electrons. The SMILES string of the molecule is Cc1ccc(S(=O)(=O)N2CCOCC2)cc1C(=O)Oc1cc(Cl)ccc1Cl. The number of ether oxygens (including phenoxy) is 2. The summed E-state index contributed by atoms with van der Waals surface area (Å²) in [5.74, 6) is -0.606. The van der Waals surface area contributed by atoms with Gasteiger partial charge in [0, 0.05) is 24.2 Å². The van der Waals surface area contributed by atoms with Crippen molar-refractivity contribution in [2.45, 2.75) is 11.8 Å². The summed E-state index contributed by atoms with van der Waals surface area (Å²) in [5.41, 5.74) is 0.722. The lowest BCUT2D eigenvalue weighted by Crippen LogP contribution is -2.40. The van der Waals surface area contributed by atoms with Crippen molar-refractivity contribution in [2.75, 3.05) is 26.3 Å².